The molecule has 2 heterocycles. The standard InChI is InChI=1S/C17H14ClN3O2/c18-12-3-5-13(6-4-12)21-17(22)16-10-14(7-8-19-16)20-11-15-2-1-9-23-15/h1-10H,11H2,(H,19,20)(H,21,22). The normalized spacial score (nSPS) is 10.3. The highest BCUT2D eigenvalue weighted by Crippen LogP contribution is 2.15. The number of benzene rings is 1. The summed E-state index contributed by atoms with van der Waals surface area (Å²) in [4.78, 5) is 16.3. The minimum absolute atomic E-state index is 0.283. The van der Waals surface area contributed by atoms with Crippen molar-refractivity contribution in [1.82, 2.24) is 4.98 Å². The SMILES string of the molecule is O=C(Nc1ccc(Cl)cc1)c1cc(NCc2ccco2)ccn1. The lowest BCUT2D eigenvalue weighted by molar-refractivity contribution is 0.102. The Morgan fingerprint density at radius 1 is 1.13 bits per heavy atom. The molecule has 2 aromatic heterocycles. The Morgan fingerprint density at radius 3 is 2.70 bits per heavy atom. The number of carbonyl (C=O) groups excluding carboxylic acids is 1. The molecule has 1 amide bonds. The fourth-order valence-electron chi connectivity index (χ4n) is 2.00. The highest BCUT2D eigenvalue weighted by molar-refractivity contribution is 6.30. The lowest BCUT2D eigenvalue weighted by Gasteiger charge is -2.08. The number of carbonyl (C=O) groups is 1. The first-order valence-corrected chi connectivity index (χ1v) is 7.38. The molecule has 0 radical (unpaired) electrons. The molecule has 0 spiro atoms. The van der Waals surface area contributed by atoms with Crippen LogP contribution in [0.4, 0.5) is 11.4 Å². The van der Waals surface area contributed by atoms with E-state index >= 15 is 0 Å². The van der Waals surface area contributed by atoms with Crippen molar-refractivity contribution in [3.05, 3.63) is 77.5 Å². The summed E-state index contributed by atoms with van der Waals surface area (Å²) in [7, 11) is 0. The number of hydrogen-bond acceptors (Lipinski definition) is 4. The van der Waals surface area contributed by atoms with Crippen LogP contribution in [0, 0.1) is 0 Å². The minimum Gasteiger partial charge on any atom is -0.467 e. The van der Waals surface area contributed by atoms with Gasteiger partial charge in [0.05, 0.1) is 12.8 Å². The molecule has 116 valence electrons. The average Bonchev–Trinajstić information content (AvgIpc) is 3.09. The van der Waals surface area contributed by atoms with Crippen LogP contribution in [0.25, 0.3) is 0 Å². The van der Waals surface area contributed by atoms with Crippen LogP contribution in [0.2, 0.25) is 5.02 Å². The van der Waals surface area contributed by atoms with Crippen molar-refractivity contribution < 1.29 is 9.21 Å². The van der Waals surface area contributed by atoms with Crippen LogP contribution in [0.1, 0.15) is 16.2 Å². The second kappa shape index (κ2) is 6.98. The first-order valence-electron chi connectivity index (χ1n) is 7.00. The largest absolute Gasteiger partial charge is 0.467 e. The Balaban J connectivity index is 1.66. The van der Waals surface area contributed by atoms with Gasteiger partial charge in [0.1, 0.15) is 11.5 Å². The van der Waals surface area contributed by atoms with Crippen LogP contribution >= 0.6 is 11.6 Å². The Hall–Kier alpha value is -2.79. The van der Waals surface area contributed by atoms with E-state index in [-0.39, 0.29) is 5.91 Å². The van der Waals surface area contributed by atoms with Crippen molar-refractivity contribution in [2.24, 2.45) is 0 Å². The number of hydrogen-bond donors (Lipinski definition) is 2. The number of halogens is 1. The Kier molecular flexibility index (Phi) is 4.59. The van der Waals surface area contributed by atoms with Gasteiger partial charge >= 0.3 is 0 Å². The smallest absolute Gasteiger partial charge is 0.274 e. The fourth-order valence-corrected chi connectivity index (χ4v) is 2.12. The number of aromatic nitrogens is 1. The van der Waals surface area contributed by atoms with Crippen LogP contribution in [-0.2, 0) is 6.54 Å². The Morgan fingerprint density at radius 2 is 1.96 bits per heavy atom. The molecule has 0 unspecified atom stereocenters. The van der Waals surface area contributed by atoms with Gasteiger partial charge in [-0.1, -0.05) is 11.6 Å². The summed E-state index contributed by atoms with van der Waals surface area (Å²) in [6.07, 6.45) is 3.20. The van der Waals surface area contributed by atoms with Crippen molar-refractivity contribution >= 4 is 28.9 Å². The first kappa shape index (κ1) is 15.1. The lowest BCUT2D eigenvalue weighted by atomic mass is 10.2. The summed E-state index contributed by atoms with van der Waals surface area (Å²) in [5, 5.41) is 6.57. The van der Waals surface area contributed by atoms with Gasteiger partial charge in [0, 0.05) is 22.6 Å². The third-order valence-corrected chi connectivity index (χ3v) is 3.39. The zero-order valence-electron chi connectivity index (χ0n) is 12.1. The van der Waals surface area contributed by atoms with Crippen molar-refractivity contribution in [1.29, 1.82) is 0 Å². The second-order valence-electron chi connectivity index (χ2n) is 4.82. The number of anilines is 2. The summed E-state index contributed by atoms with van der Waals surface area (Å²) in [6.45, 7) is 0.537. The molecule has 0 aliphatic carbocycles. The Bertz CT molecular complexity index is 786. The van der Waals surface area contributed by atoms with Gasteiger partial charge in [-0.2, -0.15) is 0 Å². The molecule has 5 nitrogen and oxygen atoms in total. The fraction of sp³-hybridized carbons (Fsp3) is 0.0588. The van der Waals surface area contributed by atoms with Crippen LogP contribution in [-0.4, -0.2) is 10.9 Å². The molecule has 0 fully saturated rings. The monoisotopic (exact) mass is 327 g/mol. The summed E-state index contributed by atoms with van der Waals surface area (Å²) in [6, 6.07) is 14.1. The first-order chi connectivity index (χ1) is 11.2. The van der Waals surface area contributed by atoms with E-state index in [9.17, 15) is 4.79 Å². The summed E-state index contributed by atoms with van der Waals surface area (Å²) in [5.74, 6) is 0.531. The zero-order valence-corrected chi connectivity index (χ0v) is 12.9. The van der Waals surface area contributed by atoms with Crippen LogP contribution in [0.3, 0.4) is 0 Å². The summed E-state index contributed by atoms with van der Waals surface area (Å²) >= 11 is 5.82. The summed E-state index contributed by atoms with van der Waals surface area (Å²) < 4.78 is 5.25. The van der Waals surface area contributed by atoms with Crippen molar-refractivity contribution in [3.63, 3.8) is 0 Å². The second-order valence-corrected chi connectivity index (χ2v) is 5.26. The topological polar surface area (TPSA) is 67.2 Å². The van der Waals surface area contributed by atoms with Crippen molar-refractivity contribution in [2.75, 3.05) is 10.6 Å². The van der Waals surface area contributed by atoms with Crippen molar-refractivity contribution in [3.8, 4) is 0 Å². The van der Waals surface area contributed by atoms with Crippen LogP contribution in [0.5, 0.6) is 0 Å². The van der Waals surface area contributed by atoms with Crippen molar-refractivity contribution in [2.45, 2.75) is 6.54 Å². The van der Waals surface area contributed by atoms with Crippen LogP contribution < -0.4 is 10.6 Å². The number of nitrogens with one attached hydrogen (secondary N) is 2. The number of nitrogens with zero attached hydrogens (tertiary/aromatic N) is 1. The quantitative estimate of drug-likeness (QED) is 0.737. The molecular formula is C17H14ClN3O2. The molecule has 0 saturated carbocycles. The third-order valence-electron chi connectivity index (χ3n) is 3.14. The average molecular weight is 328 g/mol. The number of furan rings is 1. The minimum atomic E-state index is -0.283. The van der Waals surface area contributed by atoms with Crippen LogP contribution in [0.15, 0.2) is 65.4 Å². The van der Waals surface area contributed by atoms with Gasteiger partial charge in [-0.05, 0) is 48.5 Å². The molecule has 3 aromatic rings. The zero-order chi connectivity index (χ0) is 16.1. The molecule has 0 aliphatic rings. The number of rotatable bonds is 5. The molecule has 23 heavy (non-hydrogen) atoms. The third kappa shape index (κ3) is 4.11. The molecule has 0 aliphatic heterocycles. The van der Waals surface area contributed by atoms with Gasteiger partial charge in [0.2, 0.25) is 0 Å². The number of amides is 1. The van der Waals surface area contributed by atoms with Gasteiger partial charge in [0.25, 0.3) is 5.91 Å². The molecule has 0 atom stereocenters. The molecule has 6 heteroatoms. The van der Waals surface area contributed by atoms with Gasteiger partial charge in [-0.3, -0.25) is 9.78 Å². The molecule has 2 N–H and O–H groups in total. The van der Waals surface area contributed by atoms with Gasteiger partial charge in [-0.15, -0.1) is 0 Å². The predicted molar refractivity (Wildman–Crippen MR) is 89.7 cm³/mol. The van der Waals surface area contributed by atoms with Gasteiger partial charge in [0.15, 0.2) is 0 Å². The van der Waals surface area contributed by atoms with E-state index in [0.29, 0.717) is 22.9 Å². The van der Waals surface area contributed by atoms with E-state index in [1.54, 1.807) is 48.9 Å². The highest BCUT2D eigenvalue weighted by atomic mass is 35.5. The Labute approximate surface area is 138 Å². The van der Waals surface area contributed by atoms with E-state index in [1.807, 2.05) is 12.1 Å². The van der Waals surface area contributed by atoms with Gasteiger partial charge < -0.3 is 15.1 Å². The van der Waals surface area contributed by atoms with Gasteiger partial charge in [-0.25, -0.2) is 0 Å². The van der Waals surface area contributed by atoms with E-state index in [4.69, 9.17) is 16.0 Å². The lowest BCUT2D eigenvalue weighted by Crippen LogP contribution is -2.14. The van der Waals surface area contributed by atoms with E-state index in [2.05, 4.69) is 15.6 Å². The molecule has 3 rings (SSSR count). The molecule has 1 aromatic carbocycles. The number of pyridine rings is 1. The maximum absolute atomic E-state index is 12.2. The van der Waals surface area contributed by atoms with E-state index < -0.39 is 0 Å². The highest BCUT2D eigenvalue weighted by Gasteiger charge is 2.08. The van der Waals surface area contributed by atoms with E-state index in [1.165, 1.54) is 0 Å². The maximum Gasteiger partial charge on any atom is 0.274 e. The molecular weight excluding hydrogens is 314 g/mol. The predicted octanol–water partition coefficient (Wildman–Crippen LogP) is 4.19. The molecule has 0 bridgehead atoms. The van der Waals surface area contributed by atoms with E-state index in [0.717, 1.165) is 11.4 Å². The molecule has 0 saturated heterocycles. The summed E-state index contributed by atoms with van der Waals surface area (Å²) in [5.41, 5.74) is 1.78. The maximum atomic E-state index is 12.2.